The van der Waals surface area contributed by atoms with Crippen LogP contribution in [0.15, 0.2) is 42.5 Å². The topological polar surface area (TPSA) is 57.2 Å². The number of hydrogen-bond donors (Lipinski definition) is 0. The van der Waals surface area contributed by atoms with Crippen LogP contribution in [-0.2, 0) is 17.6 Å². The smallest absolute Gasteiger partial charge is 0.409 e. The highest BCUT2D eigenvalue weighted by Gasteiger charge is 2.29. The molecule has 1 saturated heterocycles. The van der Waals surface area contributed by atoms with Gasteiger partial charge in [0.05, 0.1) is 27.4 Å². The molecule has 1 amide bonds. The first-order chi connectivity index (χ1) is 15.6. The third kappa shape index (κ3) is 6.55. The highest BCUT2D eigenvalue weighted by Crippen LogP contribution is 2.26. The molecule has 6 nitrogen and oxygen atoms in total. The Morgan fingerprint density at radius 1 is 1.06 bits per heavy atom. The maximum atomic E-state index is 12.1. The van der Waals surface area contributed by atoms with Gasteiger partial charge in [-0.05, 0) is 74.8 Å². The van der Waals surface area contributed by atoms with Gasteiger partial charge in [-0.2, -0.15) is 0 Å². The lowest BCUT2D eigenvalue weighted by Crippen LogP contribution is -2.36. The van der Waals surface area contributed by atoms with Gasteiger partial charge in [0, 0.05) is 18.7 Å². The number of nitrogens with zero attached hydrogens (tertiary/aromatic N) is 1. The molecule has 1 atom stereocenters. The predicted molar refractivity (Wildman–Crippen MR) is 125 cm³/mol. The molecule has 0 bridgehead atoms. The standard InChI is InChI=1S/C26H35NO5/c1-4-31-26(28)27-15-7-10-22(27)11-8-16-32-25-12-6-5-9-21(25)14-13-20-17-23(29-2)19-24(18-20)30-3/h5-6,9,12,17-19,22H,4,7-8,10-11,13-16H2,1-3H3. The van der Waals surface area contributed by atoms with Crippen LogP contribution >= 0.6 is 0 Å². The average Bonchev–Trinajstić information content (AvgIpc) is 3.29. The Hall–Kier alpha value is -2.89. The SMILES string of the molecule is CCOC(=O)N1CCCC1CCCOc1ccccc1CCc1cc(OC)cc(OC)c1. The van der Waals surface area contributed by atoms with Crippen LogP contribution < -0.4 is 14.2 Å². The van der Waals surface area contributed by atoms with E-state index in [-0.39, 0.29) is 12.1 Å². The molecular formula is C26H35NO5. The fraction of sp³-hybridized carbons (Fsp3) is 0.500. The maximum absolute atomic E-state index is 12.1. The summed E-state index contributed by atoms with van der Waals surface area (Å²) in [5.74, 6) is 2.52. The molecule has 1 fully saturated rings. The Morgan fingerprint density at radius 2 is 1.81 bits per heavy atom. The van der Waals surface area contributed by atoms with Crippen molar-refractivity contribution in [1.82, 2.24) is 4.90 Å². The van der Waals surface area contributed by atoms with Crippen LogP contribution in [0.4, 0.5) is 4.79 Å². The van der Waals surface area contributed by atoms with Gasteiger partial charge < -0.3 is 23.8 Å². The van der Waals surface area contributed by atoms with E-state index in [1.807, 2.05) is 48.2 Å². The minimum atomic E-state index is -0.185. The molecule has 1 aliphatic heterocycles. The van der Waals surface area contributed by atoms with Gasteiger partial charge >= 0.3 is 6.09 Å². The molecule has 0 saturated carbocycles. The number of rotatable bonds is 11. The van der Waals surface area contributed by atoms with Crippen molar-refractivity contribution in [2.45, 2.75) is 51.5 Å². The molecule has 174 valence electrons. The number of amides is 1. The summed E-state index contributed by atoms with van der Waals surface area (Å²) in [6, 6.07) is 14.4. The van der Waals surface area contributed by atoms with Crippen LogP contribution in [0.3, 0.4) is 0 Å². The molecule has 2 aromatic rings. The second-order valence-electron chi connectivity index (χ2n) is 8.01. The Morgan fingerprint density at radius 3 is 2.53 bits per heavy atom. The average molecular weight is 442 g/mol. The molecule has 6 heteroatoms. The van der Waals surface area contributed by atoms with E-state index in [9.17, 15) is 4.79 Å². The summed E-state index contributed by atoms with van der Waals surface area (Å²) in [6.07, 6.45) is 5.47. The lowest BCUT2D eigenvalue weighted by atomic mass is 10.0. The summed E-state index contributed by atoms with van der Waals surface area (Å²) < 4.78 is 22.1. The zero-order valence-electron chi connectivity index (χ0n) is 19.5. The molecule has 0 N–H and O–H groups in total. The number of hydrogen-bond acceptors (Lipinski definition) is 5. The number of methoxy groups -OCH3 is 2. The summed E-state index contributed by atoms with van der Waals surface area (Å²) in [7, 11) is 3.33. The van der Waals surface area contributed by atoms with Crippen molar-refractivity contribution in [3.8, 4) is 17.2 Å². The van der Waals surface area contributed by atoms with E-state index >= 15 is 0 Å². The van der Waals surface area contributed by atoms with Crippen LogP contribution in [0.5, 0.6) is 17.2 Å². The van der Waals surface area contributed by atoms with E-state index in [2.05, 4.69) is 6.07 Å². The zero-order valence-corrected chi connectivity index (χ0v) is 19.5. The summed E-state index contributed by atoms with van der Waals surface area (Å²) in [6.45, 7) is 3.70. The largest absolute Gasteiger partial charge is 0.497 e. The molecule has 0 spiro atoms. The van der Waals surface area contributed by atoms with Gasteiger partial charge in [-0.25, -0.2) is 4.79 Å². The Labute approximate surface area is 191 Å². The monoisotopic (exact) mass is 441 g/mol. The Bertz CT molecular complexity index is 847. The molecule has 1 aliphatic rings. The van der Waals surface area contributed by atoms with Crippen molar-refractivity contribution in [1.29, 1.82) is 0 Å². The minimum Gasteiger partial charge on any atom is -0.497 e. The Kier molecular flexibility index (Phi) is 9.08. The van der Waals surface area contributed by atoms with E-state index in [4.69, 9.17) is 18.9 Å². The third-order valence-electron chi connectivity index (χ3n) is 5.89. The first kappa shape index (κ1) is 23.8. The van der Waals surface area contributed by atoms with Gasteiger partial charge in [-0.1, -0.05) is 18.2 Å². The summed E-state index contributed by atoms with van der Waals surface area (Å²) >= 11 is 0. The number of aryl methyl sites for hydroxylation is 2. The second-order valence-corrected chi connectivity index (χ2v) is 8.01. The normalized spacial score (nSPS) is 15.5. The molecule has 1 heterocycles. The van der Waals surface area contributed by atoms with Crippen molar-refractivity contribution in [2.24, 2.45) is 0 Å². The summed E-state index contributed by atoms with van der Waals surface area (Å²) in [5.41, 5.74) is 2.35. The van der Waals surface area contributed by atoms with Gasteiger partial charge in [0.25, 0.3) is 0 Å². The predicted octanol–water partition coefficient (Wildman–Crippen LogP) is 5.27. The molecule has 0 aromatic heterocycles. The fourth-order valence-electron chi connectivity index (χ4n) is 4.22. The zero-order chi connectivity index (χ0) is 22.8. The van der Waals surface area contributed by atoms with Crippen LogP contribution in [0, 0.1) is 0 Å². The van der Waals surface area contributed by atoms with Crippen LogP contribution in [0.1, 0.15) is 43.7 Å². The third-order valence-corrected chi connectivity index (χ3v) is 5.89. The quantitative estimate of drug-likeness (QED) is 0.445. The van der Waals surface area contributed by atoms with Crippen LogP contribution in [-0.4, -0.2) is 51.0 Å². The van der Waals surface area contributed by atoms with Crippen molar-refractivity contribution < 1.29 is 23.7 Å². The van der Waals surface area contributed by atoms with Gasteiger partial charge in [-0.3, -0.25) is 0 Å². The van der Waals surface area contributed by atoms with Crippen molar-refractivity contribution >= 4 is 6.09 Å². The maximum Gasteiger partial charge on any atom is 0.409 e. The van der Waals surface area contributed by atoms with Crippen molar-refractivity contribution in [3.05, 3.63) is 53.6 Å². The van der Waals surface area contributed by atoms with E-state index in [1.165, 1.54) is 5.56 Å². The highest BCUT2D eigenvalue weighted by molar-refractivity contribution is 5.68. The lowest BCUT2D eigenvalue weighted by molar-refractivity contribution is 0.100. The molecule has 3 rings (SSSR count). The second kappa shape index (κ2) is 12.2. The molecule has 32 heavy (non-hydrogen) atoms. The molecule has 0 aliphatic carbocycles. The minimum absolute atomic E-state index is 0.185. The van der Waals surface area contributed by atoms with Crippen LogP contribution in [0.2, 0.25) is 0 Å². The molecule has 2 aromatic carbocycles. The number of para-hydroxylation sites is 1. The number of carbonyl (C=O) groups is 1. The van der Waals surface area contributed by atoms with E-state index in [1.54, 1.807) is 14.2 Å². The number of carbonyl (C=O) groups excluding carboxylic acids is 1. The lowest BCUT2D eigenvalue weighted by Gasteiger charge is -2.23. The summed E-state index contributed by atoms with van der Waals surface area (Å²) in [4.78, 5) is 14.0. The van der Waals surface area contributed by atoms with Gasteiger partial charge in [0.2, 0.25) is 0 Å². The number of ether oxygens (including phenoxy) is 4. The van der Waals surface area contributed by atoms with Gasteiger partial charge in [0.15, 0.2) is 0 Å². The van der Waals surface area contributed by atoms with Crippen molar-refractivity contribution in [2.75, 3.05) is 34.0 Å². The van der Waals surface area contributed by atoms with E-state index < -0.39 is 0 Å². The fourth-order valence-corrected chi connectivity index (χ4v) is 4.22. The van der Waals surface area contributed by atoms with Gasteiger partial charge in [-0.15, -0.1) is 0 Å². The first-order valence-corrected chi connectivity index (χ1v) is 11.5. The number of benzene rings is 2. The van der Waals surface area contributed by atoms with Crippen molar-refractivity contribution in [3.63, 3.8) is 0 Å². The molecule has 1 unspecified atom stereocenters. The number of likely N-dealkylation sites (tertiary alicyclic amines) is 1. The first-order valence-electron chi connectivity index (χ1n) is 11.5. The van der Waals surface area contributed by atoms with Gasteiger partial charge in [0.1, 0.15) is 17.2 Å². The summed E-state index contributed by atoms with van der Waals surface area (Å²) in [5, 5.41) is 0. The van der Waals surface area contributed by atoms with E-state index in [0.29, 0.717) is 13.2 Å². The molecule has 0 radical (unpaired) electrons. The van der Waals surface area contributed by atoms with Crippen LogP contribution in [0.25, 0.3) is 0 Å². The Balaban J connectivity index is 1.51. The van der Waals surface area contributed by atoms with E-state index in [0.717, 1.165) is 67.9 Å². The highest BCUT2D eigenvalue weighted by atomic mass is 16.6. The molecular weight excluding hydrogens is 406 g/mol.